The van der Waals surface area contributed by atoms with Gasteiger partial charge in [-0.1, -0.05) is 12.1 Å². The number of benzene rings is 1. The molecule has 0 saturated carbocycles. The second-order valence-electron chi connectivity index (χ2n) is 6.58. The van der Waals surface area contributed by atoms with E-state index in [2.05, 4.69) is 9.97 Å². The van der Waals surface area contributed by atoms with Crippen molar-refractivity contribution in [3.8, 4) is 10.7 Å². The van der Waals surface area contributed by atoms with Gasteiger partial charge in [0.2, 0.25) is 5.91 Å². The third-order valence-corrected chi connectivity index (χ3v) is 5.64. The zero-order valence-electron chi connectivity index (χ0n) is 15.1. The molecule has 2 aromatic heterocycles. The number of carbonyl (C=O) groups is 1. The van der Waals surface area contributed by atoms with Crippen molar-refractivity contribution in [3.05, 3.63) is 69.3 Å². The minimum absolute atomic E-state index is 0.0120. The fraction of sp³-hybridized carbons (Fsp3) is 0.250. The molecule has 0 saturated heterocycles. The minimum Gasteiger partial charge on any atom is -0.312 e. The number of carbonyl (C=O) groups excluding carboxylic acids is 1. The average molecular weight is 394 g/mol. The monoisotopic (exact) mass is 394 g/mol. The van der Waals surface area contributed by atoms with Gasteiger partial charge in [0.25, 0.3) is 5.69 Å². The van der Waals surface area contributed by atoms with Crippen molar-refractivity contribution in [2.45, 2.75) is 25.7 Å². The van der Waals surface area contributed by atoms with Crippen molar-refractivity contribution in [1.82, 2.24) is 9.97 Å². The third-order valence-electron chi connectivity index (χ3n) is 4.73. The Morgan fingerprint density at radius 3 is 2.96 bits per heavy atom. The second kappa shape index (κ2) is 7.85. The van der Waals surface area contributed by atoms with Crippen LogP contribution in [0.5, 0.6) is 0 Å². The predicted molar refractivity (Wildman–Crippen MR) is 107 cm³/mol. The number of amides is 1. The number of hydrogen-bond donors (Lipinski definition) is 0. The molecular formula is C20H18N4O3S. The average Bonchev–Trinajstić information content (AvgIpc) is 3.21. The first kappa shape index (κ1) is 18.2. The number of nitro groups is 1. The lowest BCUT2D eigenvalue weighted by molar-refractivity contribution is -0.384. The van der Waals surface area contributed by atoms with Gasteiger partial charge in [-0.3, -0.25) is 19.9 Å². The van der Waals surface area contributed by atoms with E-state index < -0.39 is 4.92 Å². The van der Waals surface area contributed by atoms with Crippen molar-refractivity contribution in [2.75, 3.05) is 11.4 Å². The summed E-state index contributed by atoms with van der Waals surface area (Å²) in [5, 5.41) is 13.9. The zero-order chi connectivity index (χ0) is 19.5. The zero-order valence-corrected chi connectivity index (χ0v) is 15.9. The molecule has 0 fully saturated rings. The van der Waals surface area contributed by atoms with Crippen molar-refractivity contribution in [1.29, 1.82) is 0 Å². The van der Waals surface area contributed by atoms with E-state index in [1.165, 1.54) is 23.5 Å². The van der Waals surface area contributed by atoms with Crippen molar-refractivity contribution in [3.63, 3.8) is 0 Å². The number of nitro benzene ring substituents is 1. The van der Waals surface area contributed by atoms with E-state index in [9.17, 15) is 14.9 Å². The third kappa shape index (κ3) is 3.77. The Balaban J connectivity index is 1.46. The predicted octanol–water partition coefficient (Wildman–Crippen LogP) is 4.03. The molecule has 1 aliphatic heterocycles. The van der Waals surface area contributed by atoms with Gasteiger partial charge < -0.3 is 4.90 Å². The molecule has 0 atom stereocenters. The number of pyridine rings is 1. The highest BCUT2D eigenvalue weighted by Crippen LogP contribution is 2.31. The van der Waals surface area contributed by atoms with E-state index in [0.29, 0.717) is 25.1 Å². The molecule has 3 heterocycles. The minimum atomic E-state index is -0.425. The normalized spacial score (nSPS) is 13.2. The number of rotatable bonds is 5. The van der Waals surface area contributed by atoms with E-state index in [0.717, 1.165) is 34.8 Å². The Labute approximate surface area is 165 Å². The molecular weight excluding hydrogens is 376 g/mol. The van der Waals surface area contributed by atoms with Gasteiger partial charge in [-0.05, 0) is 37.0 Å². The molecule has 0 bridgehead atoms. The molecule has 0 unspecified atom stereocenters. The maximum Gasteiger partial charge on any atom is 0.271 e. The molecule has 1 aromatic carbocycles. The molecule has 4 rings (SSSR count). The van der Waals surface area contributed by atoms with Crippen LogP contribution in [-0.2, 0) is 17.6 Å². The quantitative estimate of drug-likeness (QED) is 0.481. The lowest BCUT2D eigenvalue weighted by Crippen LogP contribution is -2.35. The molecule has 0 spiro atoms. The Morgan fingerprint density at radius 2 is 2.18 bits per heavy atom. The number of nitrogens with zero attached hydrogens (tertiary/aromatic N) is 4. The second-order valence-corrected chi connectivity index (χ2v) is 7.44. The van der Waals surface area contributed by atoms with Crippen LogP contribution >= 0.6 is 11.3 Å². The van der Waals surface area contributed by atoms with E-state index in [1.54, 1.807) is 17.2 Å². The maximum absolute atomic E-state index is 12.8. The smallest absolute Gasteiger partial charge is 0.271 e. The molecule has 142 valence electrons. The van der Waals surface area contributed by atoms with Crippen LogP contribution in [0.25, 0.3) is 10.7 Å². The summed E-state index contributed by atoms with van der Waals surface area (Å²) in [7, 11) is 0. The summed E-state index contributed by atoms with van der Waals surface area (Å²) in [6.45, 7) is 0.587. The molecule has 0 N–H and O–H groups in total. The molecule has 3 aromatic rings. The van der Waals surface area contributed by atoms with Crippen molar-refractivity contribution in [2.24, 2.45) is 0 Å². The van der Waals surface area contributed by atoms with Gasteiger partial charge in [0, 0.05) is 36.7 Å². The van der Waals surface area contributed by atoms with Crippen LogP contribution in [0.4, 0.5) is 11.4 Å². The number of thiazole rings is 1. The van der Waals surface area contributed by atoms with E-state index in [1.807, 2.05) is 23.6 Å². The van der Waals surface area contributed by atoms with Crippen LogP contribution < -0.4 is 4.90 Å². The van der Waals surface area contributed by atoms with E-state index in [4.69, 9.17) is 0 Å². The molecule has 1 aliphatic rings. The first-order valence-electron chi connectivity index (χ1n) is 9.05. The highest BCUT2D eigenvalue weighted by atomic mass is 32.1. The molecule has 7 nitrogen and oxygen atoms in total. The molecule has 0 aliphatic carbocycles. The van der Waals surface area contributed by atoms with Gasteiger partial charge in [-0.15, -0.1) is 11.3 Å². The van der Waals surface area contributed by atoms with E-state index in [-0.39, 0.29) is 11.6 Å². The molecule has 28 heavy (non-hydrogen) atoms. The van der Waals surface area contributed by atoms with Crippen LogP contribution in [-0.4, -0.2) is 27.3 Å². The van der Waals surface area contributed by atoms with Crippen LogP contribution in [0.2, 0.25) is 0 Å². The highest BCUT2D eigenvalue weighted by molar-refractivity contribution is 7.13. The first-order chi connectivity index (χ1) is 13.6. The standard InChI is InChI=1S/C20H18N4O3S/c25-19(9-7-15-13-28-20(22-15)17-5-1-2-10-21-17)23-11-3-4-14-6-8-16(24(26)27)12-18(14)23/h1-2,5-6,8,10,12-13H,3-4,7,9,11H2. The number of fused-ring (bicyclic) bond motifs is 1. The summed E-state index contributed by atoms with van der Waals surface area (Å²) < 4.78 is 0. The first-order valence-corrected chi connectivity index (χ1v) is 9.93. The number of non-ortho nitro benzene ring substituents is 1. The van der Waals surface area contributed by atoms with Gasteiger partial charge in [0.05, 0.1) is 22.0 Å². The van der Waals surface area contributed by atoms with Crippen LogP contribution in [0.1, 0.15) is 24.1 Å². The van der Waals surface area contributed by atoms with Crippen LogP contribution in [0, 0.1) is 10.1 Å². The Kier molecular flexibility index (Phi) is 5.12. The summed E-state index contributed by atoms with van der Waals surface area (Å²) in [6.07, 6.45) is 4.26. The molecule has 8 heteroatoms. The van der Waals surface area contributed by atoms with Crippen LogP contribution in [0.15, 0.2) is 48.0 Å². The molecule has 1 amide bonds. The summed E-state index contributed by atoms with van der Waals surface area (Å²) in [6, 6.07) is 10.4. The Morgan fingerprint density at radius 1 is 1.29 bits per heavy atom. The lowest BCUT2D eigenvalue weighted by Gasteiger charge is -2.29. The van der Waals surface area contributed by atoms with Gasteiger partial charge >= 0.3 is 0 Å². The fourth-order valence-electron chi connectivity index (χ4n) is 3.33. The van der Waals surface area contributed by atoms with Gasteiger partial charge in [-0.2, -0.15) is 0 Å². The number of aryl methyl sites for hydroxylation is 2. The number of anilines is 1. The fourth-order valence-corrected chi connectivity index (χ4v) is 4.16. The van der Waals surface area contributed by atoms with Crippen molar-refractivity contribution >= 4 is 28.6 Å². The number of aromatic nitrogens is 2. The highest BCUT2D eigenvalue weighted by Gasteiger charge is 2.24. The SMILES string of the molecule is O=C(CCc1csc(-c2ccccn2)n1)N1CCCc2ccc([N+](=O)[O-])cc21. The Bertz CT molecular complexity index is 1020. The van der Waals surface area contributed by atoms with Gasteiger partial charge in [-0.25, -0.2) is 4.98 Å². The van der Waals surface area contributed by atoms with Gasteiger partial charge in [0.1, 0.15) is 5.01 Å². The maximum atomic E-state index is 12.8. The molecule has 0 radical (unpaired) electrons. The van der Waals surface area contributed by atoms with E-state index >= 15 is 0 Å². The Hall–Kier alpha value is -3.13. The van der Waals surface area contributed by atoms with Crippen molar-refractivity contribution < 1.29 is 9.72 Å². The summed E-state index contributed by atoms with van der Waals surface area (Å²) in [4.78, 5) is 34.0. The summed E-state index contributed by atoms with van der Waals surface area (Å²) >= 11 is 1.51. The lowest BCUT2D eigenvalue weighted by atomic mass is 10.0. The topological polar surface area (TPSA) is 89.2 Å². The summed E-state index contributed by atoms with van der Waals surface area (Å²) in [5.74, 6) is -0.0335. The van der Waals surface area contributed by atoms with Crippen LogP contribution in [0.3, 0.4) is 0 Å². The summed E-state index contributed by atoms with van der Waals surface area (Å²) in [5.41, 5.74) is 3.34. The largest absolute Gasteiger partial charge is 0.312 e. The van der Waals surface area contributed by atoms with Gasteiger partial charge in [0.15, 0.2) is 0 Å². The number of hydrogen-bond acceptors (Lipinski definition) is 6.